The van der Waals surface area contributed by atoms with Crippen LogP contribution in [0.25, 0.3) is 10.9 Å². The van der Waals surface area contributed by atoms with Gasteiger partial charge in [0.05, 0.1) is 11.1 Å². The van der Waals surface area contributed by atoms with Crippen LogP contribution in [0.3, 0.4) is 0 Å². The molecule has 106 valence electrons. The number of nitrogens with one attached hydrogen (secondary N) is 1. The molecule has 5 nitrogen and oxygen atoms in total. The van der Waals surface area contributed by atoms with Crippen molar-refractivity contribution in [3.63, 3.8) is 0 Å². The molecule has 21 heavy (non-hydrogen) atoms. The third-order valence-corrected chi connectivity index (χ3v) is 4.27. The SMILES string of the molecule is Cc1cccc2ncnc(NCC3(n4cccn4)CC3)c12. The molecule has 0 radical (unpaired) electrons. The van der Waals surface area contributed by atoms with Crippen LogP contribution in [0.2, 0.25) is 0 Å². The van der Waals surface area contributed by atoms with Gasteiger partial charge in [-0.1, -0.05) is 12.1 Å². The number of nitrogens with zero attached hydrogens (tertiary/aromatic N) is 4. The fourth-order valence-corrected chi connectivity index (χ4v) is 2.84. The van der Waals surface area contributed by atoms with Crippen LogP contribution in [0.1, 0.15) is 18.4 Å². The molecular weight excluding hydrogens is 262 g/mol. The Morgan fingerprint density at radius 1 is 1.24 bits per heavy atom. The molecule has 0 saturated heterocycles. The van der Waals surface area contributed by atoms with Crippen molar-refractivity contribution in [1.82, 2.24) is 19.7 Å². The van der Waals surface area contributed by atoms with Crippen LogP contribution in [-0.4, -0.2) is 26.3 Å². The minimum atomic E-state index is 0.115. The van der Waals surface area contributed by atoms with Crippen molar-refractivity contribution in [3.05, 3.63) is 48.5 Å². The molecular formula is C16H17N5. The fraction of sp³-hybridized carbons (Fsp3) is 0.312. The molecule has 1 N–H and O–H groups in total. The van der Waals surface area contributed by atoms with Gasteiger partial charge in [-0.25, -0.2) is 9.97 Å². The highest BCUT2D eigenvalue weighted by atomic mass is 15.3. The zero-order valence-electron chi connectivity index (χ0n) is 12.0. The lowest BCUT2D eigenvalue weighted by atomic mass is 10.1. The van der Waals surface area contributed by atoms with E-state index >= 15 is 0 Å². The zero-order chi connectivity index (χ0) is 14.3. The lowest BCUT2D eigenvalue weighted by molar-refractivity contribution is 0.453. The quantitative estimate of drug-likeness (QED) is 0.798. The van der Waals surface area contributed by atoms with Gasteiger partial charge in [-0.05, 0) is 37.5 Å². The Morgan fingerprint density at radius 3 is 2.90 bits per heavy atom. The second-order valence-corrected chi connectivity index (χ2v) is 5.72. The minimum Gasteiger partial charge on any atom is -0.367 e. The topological polar surface area (TPSA) is 55.6 Å². The number of benzene rings is 1. The van der Waals surface area contributed by atoms with Crippen molar-refractivity contribution < 1.29 is 0 Å². The van der Waals surface area contributed by atoms with Gasteiger partial charge >= 0.3 is 0 Å². The number of rotatable bonds is 4. The summed E-state index contributed by atoms with van der Waals surface area (Å²) < 4.78 is 2.07. The normalized spacial score (nSPS) is 16.0. The largest absolute Gasteiger partial charge is 0.367 e. The Bertz CT molecular complexity index is 769. The number of aryl methyl sites for hydroxylation is 1. The first-order chi connectivity index (χ1) is 10.3. The standard InChI is InChI=1S/C16H17N5/c1-12-4-2-5-13-14(12)15(19-11-18-13)17-10-16(6-7-16)21-9-3-8-20-21/h2-5,8-9,11H,6-7,10H2,1H3,(H,17,18,19). The molecule has 3 aromatic rings. The van der Waals surface area contributed by atoms with E-state index in [0.29, 0.717) is 0 Å². The van der Waals surface area contributed by atoms with Gasteiger partial charge in [0, 0.05) is 24.3 Å². The van der Waals surface area contributed by atoms with Crippen LogP contribution in [0.5, 0.6) is 0 Å². The van der Waals surface area contributed by atoms with Gasteiger partial charge in [-0.2, -0.15) is 5.10 Å². The Balaban J connectivity index is 1.64. The van der Waals surface area contributed by atoms with E-state index in [1.54, 1.807) is 6.33 Å². The molecule has 0 amide bonds. The number of hydrogen-bond acceptors (Lipinski definition) is 4. The molecule has 0 spiro atoms. The summed E-state index contributed by atoms with van der Waals surface area (Å²) in [6, 6.07) is 8.12. The second-order valence-electron chi connectivity index (χ2n) is 5.72. The summed E-state index contributed by atoms with van der Waals surface area (Å²) >= 11 is 0. The number of hydrogen-bond donors (Lipinski definition) is 1. The molecule has 2 aromatic heterocycles. The lowest BCUT2D eigenvalue weighted by Gasteiger charge is -2.18. The first-order valence-electron chi connectivity index (χ1n) is 7.23. The van der Waals surface area contributed by atoms with Gasteiger partial charge in [0.15, 0.2) is 0 Å². The van der Waals surface area contributed by atoms with Crippen LogP contribution in [0, 0.1) is 6.92 Å². The van der Waals surface area contributed by atoms with Gasteiger partial charge in [0.25, 0.3) is 0 Å². The summed E-state index contributed by atoms with van der Waals surface area (Å²) in [6.45, 7) is 2.94. The van der Waals surface area contributed by atoms with Gasteiger partial charge in [-0.3, -0.25) is 4.68 Å². The van der Waals surface area contributed by atoms with Crippen molar-refractivity contribution in [2.45, 2.75) is 25.3 Å². The molecule has 0 atom stereocenters. The molecule has 1 aliphatic rings. The third kappa shape index (κ3) is 2.05. The average Bonchev–Trinajstić information content (AvgIpc) is 3.08. The van der Waals surface area contributed by atoms with Gasteiger partial charge in [-0.15, -0.1) is 0 Å². The predicted octanol–water partition coefficient (Wildman–Crippen LogP) is 2.74. The zero-order valence-corrected chi connectivity index (χ0v) is 12.0. The molecule has 2 heterocycles. The highest BCUT2D eigenvalue weighted by Gasteiger charge is 2.45. The second kappa shape index (κ2) is 4.55. The van der Waals surface area contributed by atoms with E-state index in [9.17, 15) is 0 Å². The first kappa shape index (κ1) is 12.3. The number of anilines is 1. The number of fused-ring (bicyclic) bond motifs is 1. The van der Waals surface area contributed by atoms with E-state index in [4.69, 9.17) is 0 Å². The maximum absolute atomic E-state index is 4.43. The summed E-state index contributed by atoms with van der Waals surface area (Å²) in [7, 11) is 0. The summed E-state index contributed by atoms with van der Waals surface area (Å²) in [6.07, 6.45) is 7.81. The molecule has 1 aromatic carbocycles. The average molecular weight is 279 g/mol. The lowest BCUT2D eigenvalue weighted by Crippen LogP contribution is -2.27. The van der Waals surface area contributed by atoms with Gasteiger partial charge in [0.1, 0.15) is 12.1 Å². The van der Waals surface area contributed by atoms with Crippen molar-refractivity contribution >= 4 is 16.7 Å². The molecule has 1 saturated carbocycles. The van der Waals surface area contributed by atoms with Crippen molar-refractivity contribution in [3.8, 4) is 0 Å². The van der Waals surface area contributed by atoms with Gasteiger partial charge < -0.3 is 5.32 Å². The van der Waals surface area contributed by atoms with E-state index in [2.05, 4.69) is 38.1 Å². The van der Waals surface area contributed by atoms with Gasteiger partial charge in [0.2, 0.25) is 0 Å². The smallest absolute Gasteiger partial charge is 0.137 e. The summed E-state index contributed by atoms with van der Waals surface area (Å²) in [5, 5.41) is 9.00. The molecule has 1 aliphatic carbocycles. The van der Waals surface area contributed by atoms with Crippen LogP contribution in [0.15, 0.2) is 43.0 Å². The van der Waals surface area contributed by atoms with Crippen LogP contribution < -0.4 is 5.32 Å². The van der Waals surface area contributed by atoms with Crippen molar-refractivity contribution in [1.29, 1.82) is 0 Å². The Kier molecular flexibility index (Phi) is 2.67. The summed E-state index contributed by atoms with van der Waals surface area (Å²) in [4.78, 5) is 8.77. The highest BCUT2D eigenvalue weighted by Crippen LogP contribution is 2.43. The monoisotopic (exact) mass is 279 g/mol. The molecule has 5 heteroatoms. The molecule has 1 fully saturated rings. The number of aromatic nitrogens is 4. The molecule has 4 rings (SSSR count). The third-order valence-electron chi connectivity index (χ3n) is 4.27. The molecule has 0 unspecified atom stereocenters. The highest BCUT2D eigenvalue weighted by molar-refractivity contribution is 5.91. The van der Waals surface area contributed by atoms with Crippen molar-refractivity contribution in [2.75, 3.05) is 11.9 Å². The van der Waals surface area contributed by atoms with Crippen LogP contribution >= 0.6 is 0 Å². The van der Waals surface area contributed by atoms with Crippen molar-refractivity contribution in [2.24, 2.45) is 0 Å². The van der Waals surface area contributed by atoms with E-state index in [1.165, 1.54) is 5.56 Å². The molecule has 0 aliphatic heterocycles. The maximum Gasteiger partial charge on any atom is 0.137 e. The maximum atomic E-state index is 4.43. The summed E-state index contributed by atoms with van der Waals surface area (Å²) in [5.41, 5.74) is 2.29. The molecule has 0 bridgehead atoms. The first-order valence-corrected chi connectivity index (χ1v) is 7.23. The van der Waals surface area contributed by atoms with E-state index in [-0.39, 0.29) is 5.54 Å². The Labute approximate surface area is 123 Å². The van der Waals surface area contributed by atoms with Crippen LogP contribution in [-0.2, 0) is 5.54 Å². The summed E-state index contributed by atoms with van der Waals surface area (Å²) in [5.74, 6) is 0.913. The van der Waals surface area contributed by atoms with E-state index in [0.717, 1.165) is 36.1 Å². The van der Waals surface area contributed by atoms with E-state index in [1.807, 2.05) is 30.6 Å². The fourth-order valence-electron chi connectivity index (χ4n) is 2.84. The minimum absolute atomic E-state index is 0.115. The Morgan fingerprint density at radius 2 is 2.14 bits per heavy atom. The van der Waals surface area contributed by atoms with E-state index < -0.39 is 0 Å². The van der Waals surface area contributed by atoms with Crippen LogP contribution in [0.4, 0.5) is 5.82 Å². The predicted molar refractivity (Wildman–Crippen MR) is 82.2 cm³/mol. The Hall–Kier alpha value is -2.43.